The van der Waals surface area contributed by atoms with Gasteiger partial charge in [0.1, 0.15) is 11.6 Å². The Balaban J connectivity index is 1.85. The summed E-state index contributed by atoms with van der Waals surface area (Å²) in [6.07, 6.45) is 1.23. The second-order valence-electron chi connectivity index (χ2n) is 7.05. The first-order valence-corrected chi connectivity index (χ1v) is 9.53. The van der Waals surface area contributed by atoms with Gasteiger partial charge in [-0.1, -0.05) is 13.3 Å². The zero-order valence-electron chi connectivity index (χ0n) is 17.1. The van der Waals surface area contributed by atoms with Crippen LogP contribution in [0.4, 0.5) is 4.39 Å². The molecule has 1 aliphatic rings. The standard InChI is InChI=1S/C22H24FN3O4/c1-4-5-15(24)14-8-12(6-7-16(14)27)17(28)11-26-10-13-9-18(29-2)21(30-3)20(23)19(13)22(26)25/h6-9,24-25,27H,4-5,10-11H2,1-3H3. The molecule has 1 heterocycles. The van der Waals surface area contributed by atoms with Crippen LogP contribution >= 0.6 is 0 Å². The number of benzene rings is 2. The lowest BCUT2D eigenvalue weighted by atomic mass is 10.00. The molecule has 0 bridgehead atoms. The number of ketones is 1. The molecule has 2 aromatic rings. The Bertz CT molecular complexity index is 1040. The largest absolute Gasteiger partial charge is 0.507 e. The maximum Gasteiger partial charge on any atom is 0.197 e. The van der Waals surface area contributed by atoms with E-state index in [2.05, 4.69) is 0 Å². The van der Waals surface area contributed by atoms with E-state index in [-0.39, 0.29) is 53.2 Å². The van der Waals surface area contributed by atoms with E-state index in [0.717, 1.165) is 6.42 Å². The summed E-state index contributed by atoms with van der Waals surface area (Å²) in [5, 5.41) is 26.4. The number of halogens is 1. The van der Waals surface area contributed by atoms with Gasteiger partial charge in [0.15, 0.2) is 23.1 Å². The zero-order chi connectivity index (χ0) is 22.0. The number of aromatic hydroxyl groups is 1. The fourth-order valence-corrected chi connectivity index (χ4v) is 3.56. The van der Waals surface area contributed by atoms with Gasteiger partial charge in [0.2, 0.25) is 0 Å². The van der Waals surface area contributed by atoms with Crippen LogP contribution in [0.2, 0.25) is 0 Å². The van der Waals surface area contributed by atoms with Crippen LogP contribution < -0.4 is 9.47 Å². The molecule has 0 spiro atoms. The average molecular weight is 413 g/mol. The van der Waals surface area contributed by atoms with E-state index in [4.69, 9.17) is 20.3 Å². The van der Waals surface area contributed by atoms with Crippen molar-refractivity contribution in [2.45, 2.75) is 26.3 Å². The Morgan fingerprint density at radius 2 is 2.00 bits per heavy atom. The Hall–Kier alpha value is -3.42. The number of rotatable bonds is 8. The predicted octanol–water partition coefficient (Wildman–Crippen LogP) is 3.74. The summed E-state index contributed by atoms with van der Waals surface area (Å²) in [6, 6.07) is 5.99. The van der Waals surface area contributed by atoms with Gasteiger partial charge in [0.25, 0.3) is 0 Å². The molecule has 0 radical (unpaired) electrons. The molecule has 0 atom stereocenters. The van der Waals surface area contributed by atoms with Crippen molar-refractivity contribution < 1.29 is 23.8 Å². The van der Waals surface area contributed by atoms with Crippen LogP contribution in [0.3, 0.4) is 0 Å². The third-order valence-electron chi connectivity index (χ3n) is 5.09. The summed E-state index contributed by atoms with van der Waals surface area (Å²) in [4.78, 5) is 14.3. The summed E-state index contributed by atoms with van der Waals surface area (Å²) in [5.41, 5.74) is 1.54. The zero-order valence-corrected chi connectivity index (χ0v) is 17.1. The van der Waals surface area contributed by atoms with Crippen LogP contribution in [0.25, 0.3) is 0 Å². The van der Waals surface area contributed by atoms with Crippen molar-refractivity contribution in [3.05, 3.63) is 52.3 Å². The van der Waals surface area contributed by atoms with Crippen LogP contribution in [0, 0.1) is 16.6 Å². The van der Waals surface area contributed by atoms with E-state index < -0.39 is 5.82 Å². The number of amidine groups is 1. The Morgan fingerprint density at radius 1 is 1.27 bits per heavy atom. The van der Waals surface area contributed by atoms with Gasteiger partial charge in [0.05, 0.1) is 26.3 Å². The fraction of sp³-hybridized carbons (Fsp3) is 0.318. The van der Waals surface area contributed by atoms with Gasteiger partial charge < -0.3 is 24.9 Å². The van der Waals surface area contributed by atoms with E-state index >= 15 is 0 Å². The lowest BCUT2D eigenvalue weighted by molar-refractivity contribution is 0.0962. The molecule has 30 heavy (non-hydrogen) atoms. The summed E-state index contributed by atoms with van der Waals surface area (Å²) in [5.74, 6) is -0.981. The minimum absolute atomic E-state index is 0.0485. The van der Waals surface area contributed by atoms with E-state index in [1.165, 1.54) is 37.3 Å². The highest BCUT2D eigenvalue weighted by atomic mass is 19.1. The first-order valence-electron chi connectivity index (χ1n) is 9.53. The normalized spacial score (nSPS) is 12.7. The highest BCUT2D eigenvalue weighted by Crippen LogP contribution is 2.38. The highest BCUT2D eigenvalue weighted by Gasteiger charge is 2.32. The van der Waals surface area contributed by atoms with E-state index in [0.29, 0.717) is 23.1 Å². The summed E-state index contributed by atoms with van der Waals surface area (Å²) in [7, 11) is 2.73. The van der Waals surface area contributed by atoms with E-state index in [9.17, 15) is 14.3 Å². The molecule has 3 rings (SSSR count). The Morgan fingerprint density at radius 3 is 2.63 bits per heavy atom. The van der Waals surface area contributed by atoms with Crippen LogP contribution in [0.1, 0.15) is 46.8 Å². The molecule has 2 aromatic carbocycles. The van der Waals surface area contributed by atoms with Crippen LogP contribution in [0.15, 0.2) is 24.3 Å². The molecule has 3 N–H and O–H groups in total. The number of fused-ring (bicyclic) bond motifs is 1. The first-order chi connectivity index (χ1) is 14.3. The van der Waals surface area contributed by atoms with E-state index in [1.807, 2.05) is 6.92 Å². The topological polar surface area (TPSA) is 107 Å². The molecule has 0 saturated carbocycles. The Labute approximate surface area is 174 Å². The quantitative estimate of drug-likeness (QED) is 0.451. The molecular weight excluding hydrogens is 389 g/mol. The van der Waals surface area contributed by atoms with Crippen molar-refractivity contribution >= 4 is 17.3 Å². The molecule has 8 heteroatoms. The fourth-order valence-electron chi connectivity index (χ4n) is 3.56. The van der Waals surface area contributed by atoms with Crippen molar-refractivity contribution in [1.29, 1.82) is 10.8 Å². The highest BCUT2D eigenvalue weighted by molar-refractivity contribution is 6.07. The van der Waals surface area contributed by atoms with Crippen molar-refractivity contribution in [3.63, 3.8) is 0 Å². The molecule has 7 nitrogen and oxygen atoms in total. The number of hydrogen-bond acceptors (Lipinski definition) is 6. The molecular formula is C22H24FN3O4. The van der Waals surface area contributed by atoms with Gasteiger partial charge in [-0.3, -0.25) is 10.2 Å². The van der Waals surface area contributed by atoms with Crippen molar-refractivity contribution in [3.8, 4) is 17.2 Å². The van der Waals surface area contributed by atoms with Crippen LogP contribution in [-0.4, -0.2) is 48.1 Å². The first kappa shape index (κ1) is 21.3. The van der Waals surface area contributed by atoms with Crippen LogP contribution in [0.5, 0.6) is 17.2 Å². The molecule has 0 fully saturated rings. The molecule has 158 valence electrons. The second-order valence-corrected chi connectivity index (χ2v) is 7.05. The SMILES string of the molecule is CCCC(=N)c1cc(C(=O)CN2Cc3cc(OC)c(OC)c(F)c3C2=N)ccc1O. The lowest BCUT2D eigenvalue weighted by Crippen LogP contribution is -2.30. The van der Waals surface area contributed by atoms with Gasteiger partial charge in [-0.25, -0.2) is 4.39 Å². The number of ether oxygens (including phenoxy) is 2. The maximum atomic E-state index is 14.9. The van der Waals surface area contributed by atoms with Gasteiger partial charge in [0, 0.05) is 23.4 Å². The molecule has 1 aliphatic heterocycles. The molecule has 0 unspecified atom stereocenters. The third kappa shape index (κ3) is 3.72. The van der Waals surface area contributed by atoms with Crippen molar-refractivity contribution in [1.82, 2.24) is 4.90 Å². The maximum absolute atomic E-state index is 14.9. The van der Waals surface area contributed by atoms with Crippen molar-refractivity contribution in [2.75, 3.05) is 20.8 Å². The summed E-state index contributed by atoms with van der Waals surface area (Å²) in [6.45, 7) is 1.98. The molecule has 0 amide bonds. The van der Waals surface area contributed by atoms with E-state index in [1.54, 1.807) is 6.07 Å². The van der Waals surface area contributed by atoms with Crippen LogP contribution in [-0.2, 0) is 6.54 Å². The third-order valence-corrected chi connectivity index (χ3v) is 5.09. The smallest absolute Gasteiger partial charge is 0.197 e. The number of phenolic OH excluding ortho intramolecular Hbond substituents is 1. The van der Waals surface area contributed by atoms with Gasteiger partial charge in [-0.15, -0.1) is 0 Å². The van der Waals surface area contributed by atoms with Crippen molar-refractivity contribution in [2.24, 2.45) is 0 Å². The van der Waals surface area contributed by atoms with Gasteiger partial charge >= 0.3 is 0 Å². The van der Waals surface area contributed by atoms with Gasteiger partial charge in [-0.2, -0.15) is 0 Å². The second kappa shape index (κ2) is 8.52. The van der Waals surface area contributed by atoms with Gasteiger partial charge in [-0.05, 0) is 36.2 Å². The minimum atomic E-state index is -0.688. The average Bonchev–Trinajstić information content (AvgIpc) is 3.03. The number of methoxy groups -OCH3 is 2. The number of hydrogen-bond donors (Lipinski definition) is 3. The summed E-state index contributed by atoms with van der Waals surface area (Å²) < 4.78 is 25.1. The number of carbonyl (C=O) groups is 1. The number of nitrogens with zero attached hydrogens (tertiary/aromatic N) is 1. The molecule has 0 aliphatic carbocycles. The number of phenols is 1. The Kier molecular flexibility index (Phi) is 6.05. The lowest BCUT2D eigenvalue weighted by Gasteiger charge is -2.17. The molecule has 0 aromatic heterocycles. The minimum Gasteiger partial charge on any atom is -0.507 e. The number of nitrogens with one attached hydrogen (secondary N) is 2. The number of carbonyl (C=O) groups excluding carboxylic acids is 1. The predicted molar refractivity (Wildman–Crippen MR) is 111 cm³/mol. The summed E-state index contributed by atoms with van der Waals surface area (Å²) >= 11 is 0. The monoisotopic (exact) mass is 413 g/mol. The molecule has 0 saturated heterocycles. The number of Topliss-reactive ketones (excluding diaryl/α,β-unsaturated/α-hetero) is 1.